The molecule has 5 heterocycles. The molecular weight excluding hydrogens is 496 g/mol. The van der Waals surface area contributed by atoms with E-state index in [1.807, 2.05) is 45.0 Å². The predicted octanol–water partition coefficient (Wildman–Crippen LogP) is 4.86. The first-order valence-corrected chi connectivity index (χ1v) is 13.9. The third-order valence-corrected chi connectivity index (χ3v) is 9.26. The van der Waals surface area contributed by atoms with E-state index in [9.17, 15) is 9.59 Å². The Hall–Kier alpha value is -2.97. The van der Waals surface area contributed by atoms with Gasteiger partial charge in [-0.05, 0) is 75.8 Å². The molecule has 1 aromatic carbocycles. The van der Waals surface area contributed by atoms with E-state index in [0.717, 1.165) is 42.4 Å². The van der Waals surface area contributed by atoms with Crippen molar-refractivity contribution in [1.82, 2.24) is 9.88 Å². The summed E-state index contributed by atoms with van der Waals surface area (Å²) in [6.07, 6.45) is 5.70. The molecule has 4 aliphatic rings. The highest BCUT2D eigenvalue weighted by molar-refractivity contribution is 5.89. The van der Waals surface area contributed by atoms with Crippen LogP contribution >= 0.6 is 0 Å². The van der Waals surface area contributed by atoms with Gasteiger partial charge < -0.3 is 18.9 Å². The summed E-state index contributed by atoms with van der Waals surface area (Å²) in [5, 5.41) is 0.876. The topological polar surface area (TPSA) is 87.2 Å². The number of carbonyl (C=O) groups excluding carboxylic acids is 2. The van der Waals surface area contributed by atoms with Crippen LogP contribution in [0.2, 0.25) is 0 Å². The van der Waals surface area contributed by atoms with Crippen molar-refractivity contribution in [2.75, 3.05) is 27.3 Å². The first-order valence-electron chi connectivity index (χ1n) is 13.9. The fourth-order valence-electron chi connectivity index (χ4n) is 7.42. The predicted molar refractivity (Wildman–Crippen MR) is 147 cm³/mol. The standard InChI is InChI=1S/C31H40N2O6/c1-7-19-18-33-14-12-20(19)15-25(33)28(22-11-13-32-24-10-9-21(36-5)16-23(22)24)38-29(35)31(17-27(34)37-6)26(8-2)30(3,4)39-31/h7,9-11,13,16,19-20,25-26,28H,1,8,12,14-15,17-18H2,2-6H3/t19-,20-,25-,26?,28+,31-/m0/s1. The Kier molecular flexibility index (Phi) is 7.46. The molecule has 4 saturated heterocycles. The van der Waals surface area contributed by atoms with E-state index in [1.54, 1.807) is 13.3 Å². The van der Waals surface area contributed by atoms with Gasteiger partial charge in [-0.3, -0.25) is 14.7 Å². The molecule has 4 fully saturated rings. The fourth-order valence-corrected chi connectivity index (χ4v) is 7.42. The van der Waals surface area contributed by atoms with E-state index in [0.29, 0.717) is 24.0 Å². The van der Waals surface area contributed by atoms with Crippen molar-refractivity contribution in [2.24, 2.45) is 17.8 Å². The van der Waals surface area contributed by atoms with Crippen molar-refractivity contribution in [1.29, 1.82) is 0 Å². The lowest BCUT2D eigenvalue weighted by Gasteiger charge is -2.58. The number of hydrogen-bond acceptors (Lipinski definition) is 8. The van der Waals surface area contributed by atoms with E-state index >= 15 is 0 Å². The van der Waals surface area contributed by atoms with Crippen LogP contribution in [0.5, 0.6) is 5.75 Å². The SMILES string of the molecule is C=C[C@H]1CN2CC[C@H]1C[C@H]2[C@H](OC(=O)[C@@]1(CC(=O)OC)OC(C)(C)C1CC)c1ccnc2ccc(OC)cc12. The second-order valence-corrected chi connectivity index (χ2v) is 11.7. The first kappa shape index (κ1) is 27.6. The van der Waals surface area contributed by atoms with Gasteiger partial charge in [-0.25, -0.2) is 4.79 Å². The van der Waals surface area contributed by atoms with Crippen molar-refractivity contribution in [2.45, 2.75) is 69.8 Å². The highest BCUT2D eigenvalue weighted by Crippen LogP contribution is 2.53. The minimum absolute atomic E-state index is 0.0240. The number of pyridine rings is 1. The van der Waals surface area contributed by atoms with Gasteiger partial charge in [0.25, 0.3) is 0 Å². The maximum Gasteiger partial charge on any atom is 0.340 e. The first-order chi connectivity index (χ1) is 18.7. The summed E-state index contributed by atoms with van der Waals surface area (Å²) in [6.45, 7) is 11.8. The lowest BCUT2D eigenvalue weighted by atomic mass is 9.66. The number of piperidine rings is 3. The number of benzene rings is 1. The fraction of sp³-hybridized carbons (Fsp3) is 0.581. The van der Waals surface area contributed by atoms with Crippen LogP contribution in [-0.2, 0) is 23.8 Å². The van der Waals surface area contributed by atoms with Crippen LogP contribution in [0.15, 0.2) is 43.1 Å². The van der Waals surface area contributed by atoms with Gasteiger partial charge in [-0.2, -0.15) is 0 Å². The van der Waals surface area contributed by atoms with E-state index < -0.39 is 29.2 Å². The Morgan fingerprint density at radius 3 is 2.69 bits per heavy atom. The third kappa shape index (κ3) is 4.72. The Morgan fingerprint density at radius 1 is 1.28 bits per heavy atom. The number of carbonyl (C=O) groups is 2. The van der Waals surface area contributed by atoms with Crippen LogP contribution < -0.4 is 4.74 Å². The second-order valence-electron chi connectivity index (χ2n) is 11.7. The number of methoxy groups -OCH3 is 2. The van der Waals surface area contributed by atoms with E-state index in [-0.39, 0.29) is 18.4 Å². The lowest BCUT2D eigenvalue weighted by molar-refractivity contribution is -0.309. The van der Waals surface area contributed by atoms with Gasteiger partial charge in [-0.1, -0.05) is 13.0 Å². The van der Waals surface area contributed by atoms with Crippen LogP contribution in [0.4, 0.5) is 0 Å². The monoisotopic (exact) mass is 536 g/mol. The van der Waals surface area contributed by atoms with Gasteiger partial charge in [0.05, 0.1) is 37.8 Å². The van der Waals surface area contributed by atoms with Crippen molar-refractivity contribution in [3.63, 3.8) is 0 Å². The summed E-state index contributed by atoms with van der Waals surface area (Å²) in [5.74, 6) is 0.404. The van der Waals surface area contributed by atoms with Gasteiger partial charge in [0.2, 0.25) is 0 Å². The largest absolute Gasteiger partial charge is 0.497 e. The number of ether oxygens (including phenoxy) is 4. The molecule has 0 amide bonds. The summed E-state index contributed by atoms with van der Waals surface area (Å²) in [6, 6.07) is 7.65. The Labute approximate surface area is 230 Å². The maximum atomic E-state index is 14.2. The third-order valence-electron chi connectivity index (χ3n) is 9.26. The van der Waals surface area contributed by atoms with Crippen LogP contribution in [0, 0.1) is 17.8 Å². The van der Waals surface area contributed by atoms with E-state index in [2.05, 4.69) is 22.5 Å². The van der Waals surface area contributed by atoms with Crippen LogP contribution in [-0.4, -0.2) is 66.4 Å². The summed E-state index contributed by atoms with van der Waals surface area (Å²) in [4.78, 5) is 33.7. The molecule has 210 valence electrons. The number of rotatable bonds is 9. The number of fused-ring (bicyclic) bond motifs is 4. The average Bonchev–Trinajstić information content (AvgIpc) is 2.94. The molecule has 2 bridgehead atoms. The molecule has 2 unspecified atom stereocenters. The van der Waals surface area contributed by atoms with Gasteiger partial charge in [0, 0.05) is 29.6 Å². The maximum absolute atomic E-state index is 14.2. The van der Waals surface area contributed by atoms with Crippen LogP contribution in [0.25, 0.3) is 10.9 Å². The molecular formula is C31H40N2O6. The molecule has 4 aliphatic heterocycles. The summed E-state index contributed by atoms with van der Waals surface area (Å²) >= 11 is 0. The van der Waals surface area contributed by atoms with E-state index in [1.165, 1.54) is 7.11 Å². The minimum Gasteiger partial charge on any atom is -0.497 e. The van der Waals surface area contributed by atoms with Crippen molar-refractivity contribution in [3.05, 3.63) is 48.7 Å². The quantitative estimate of drug-likeness (QED) is 0.332. The molecule has 8 heteroatoms. The van der Waals surface area contributed by atoms with Crippen molar-refractivity contribution in [3.8, 4) is 5.75 Å². The Morgan fingerprint density at radius 2 is 2.08 bits per heavy atom. The number of esters is 2. The summed E-state index contributed by atoms with van der Waals surface area (Å²) in [5.41, 5.74) is -0.277. The van der Waals surface area contributed by atoms with Crippen molar-refractivity contribution < 1.29 is 28.5 Å². The van der Waals surface area contributed by atoms with Gasteiger partial charge in [0.15, 0.2) is 5.60 Å². The molecule has 0 aliphatic carbocycles. The molecule has 0 spiro atoms. The highest BCUT2D eigenvalue weighted by atomic mass is 16.6. The zero-order chi connectivity index (χ0) is 27.9. The van der Waals surface area contributed by atoms with Crippen LogP contribution in [0.1, 0.15) is 58.1 Å². The smallest absolute Gasteiger partial charge is 0.340 e. The molecule has 0 radical (unpaired) electrons. The lowest BCUT2D eigenvalue weighted by Crippen LogP contribution is -2.70. The second kappa shape index (κ2) is 10.5. The highest BCUT2D eigenvalue weighted by Gasteiger charge is 2.66. The Bertz CT molecular complexity index is 1260. The number of nitrogens with zero attached hydrogens (tertiary/aromatic N) is 2. The molecule has 0 N–H and O–H groups in total. The zero-order valence-electron chi connectivity index (χ0n) is 23.6. The average molecular weight is 537 g/mol. The Balaban J connectivity index is 1.57. The van der Waals surface area contributed by atoms with Crippen molar-refractivity contribution >= 4 is 22.8 Å². The van der Waals surface area contributed by atoms with E-state index in [4.69, 9.17) is 18.9 Å². The van der Waals surface area contributed by atoms with Gasteiger partial charge in [-0.15, -0.1) is 6.58 Å². The molecule has 1 aromatic heterocycles. The normalized spacial score (nSPS) is 31.7. The number of hydrogen-bond donors (Lipinski definition) is 0. The molecule has 0 saturated carbocycles. The molecule has 39 heavy (non-hydrogen) atoms. The van der Waals surface area contributed by atoms with Gasteiger partial charge in [0.1, 0.15) is 11.9 Å². The molecule has 7 atom stereocenters. The van der Waals surface area contributed by atoms with Gasteiger partial charge >= 0.3 is 11.9 Å². The number of aromatic nitrogens is 1. The molecule has 2 aromatic rings. The minimum atomic E-state index is -1.39. The van der Waals surface area contributed by atoms with Crippen LogP contribution in [0.3, 0.4) is 0 Å². The summed E-state index contributed by atoms with van der Waals surface area (Å²) < 4.78 is 23.3. The zero-order valence-corrected chi connectivity index (χ0v) is 23.6. The molecule has 6 rings (SSSR count). The molecule has 8 nitrogen and oxygen atoms in total. The summed E-state index contributed by atoms with van der Waals surface area (Å²) in [7, 11) is 2.96.